The molecule has 0 unspecified atom stereocenters. The molecule has 0 saturated heterocycles. The van der Waals surface area contributed by atoms with Gasteiger partial charge in [-0.25, -0.2) is 0 Å². The van der Waals surface area contributed by atoms with Crippen molar-refractivity contribution in [1.29, 1.82) is 0 Å². The van der Waals surface area contributed by atoms with Crippen LogP contribution in [-0.4, -0.2) is 15.7 Å². The van der Waals surface area contributed by atoms with E-state index in [1.165, 1.54) is 35.0 Å². The van der Waals surface area contributed by atoms with Gasteiger partial charge in [0.15, 0.2) is 0 Å². The molecule has 1 aromatic heterocycles. The summed E-state index contributed by atoms with van der Waals surface area (Å²) in [4.78, 5) is 0. The fourth-order valence-electron chi connectivity index (χ4n) is 2.67. The highest BCUT2D eigenvalue weighted by molar-refractivity contribution is 5.86. The number of hydrogen-bond acceptors (Lipinski definition) is 2. The van der Waals surface area contributed by atoms with E-state index < -0.39 is 0 Å². The highest BCUT2D eigenvalue weighted by Gasteiger charge is 2.14. The van der Waals surface area contributed by atoms with Gasteiger partial charge >= 0.3 is 0 Å². The lowest BCUT2D eigenvalue weighted by atomic mass is 10.1. The molecule has 0 atom stereocenters. The van der Waals surface area contributed by atoms with E-state index in [-0.39, 0.29) is 0 Å². The zero-order valence-electron chi connectivity index (χ0n) is 13.0. The van der Waals surface area contributed by atoms with Crippen LogP contribution in [0.4, 0.5) is 0 Å². The number of nitrogens with zero attached hydrogens (tertiary/aromatic N) is 1. The maximum Gasteiger partial charge on any atom is 0.116 e. The number of aromatic hydroxyl groups is 1. The summed E-state index contributed by atoms with van der Waals surface area (Å²) < 4.78 is 2.38. The van der Waals surface area contributed by atoms with Gasteiger partial charge in [-0.2, -0.15) is 0 Å². The predicted molar refractivity (Wildman–Crippen MR) is 85.2 cm³/mol. The van der Waals surface area contributed by atoms with Gasteiger partial charge < -0.3 is 15.0 Å². The van der Waals surface area contributed by atoms with E-state index in [0.717, 1.165) is 13.1 Å². The second-order valence-electron chi connectivity index (χ2n) is 5.81. The molecule has 0 aliphatic heterocycles. The molecule has 3 nitrogen and oxygen atoms in total. The van der Waals surface area contributed by atoms with Crippen molar-refractivity contribution in [2.45, 2.75) is 59.7 Å². The van der Waals surface area contributed by atoms with Gasteiger partial charge in [0, 0.05) is 35.7 Å². The van der Waals surface area contributed by atoms with Crippen LogP contribution >= 0.6 is 0 Å². The molecule has 0 bridgehead atoms. The van der Waals surface area contributed by atoms with E-state index in [2.05, 4.69) is 37.6 Å². The lowest BCUT2D eigenvalue weighted by Gasteiger charge is -2.10. The quantitative estimate of drug-likeness (QED) is 0.837. The number of aryl methyl sites for hydroxylation is 1. The summed E-state index contributed by atoms with van der Waals surface area (Å²) in [5, 5.41) is 14.4. The van der Waals surface area contributed by atoms with Crippen molar-refractivity contribution < 1.29 is 5.11 Å². The van der Waals surface area contributed by atoms with Crippen LogP contribution in [0, 0.1) is 6.92 Å². The maximum absolute atomic E-state index is 9.78. The SMILES string of the molecule is CCCCn1c(C)c(CNC(C)C)c2cc(O)ccc21. The Morgan fingerprint density at radius 1 is 1.30 bits per heavy atom. The predicted octanol–water partition coefficient (Wildman–Crippen LogP) is 3.95. The minimum atomic E-state index is 0.343. The average Bonchev–Trinajstić information content (AvgIpc) is 2.65. The molecular weight excluding hydrogens is 248 g/mol. The Balaban J connectivity index is 2.48. The summed E-state index contributed by atoms with van der Waals surface area (Å²) in [6.07, 6.45) is 2.37. The van der Waals surface area contributed by atoms with Crippen LogP contribution in [0.3, 0.4) is 0 Å². The maximum atomic E-state index is 9.78. The van der Waals surface area contributed by atoms with Gasteiger partial charge in [0.25, 0.3) is 0 Å². The van der Waals surface area contributed by atoms with Crippen molar-refractivity contribution in [3.63, 3.8) is 0 Å². The van der Waals surface area contributed by atoms with Crippen molar-refractivity contribution in [3.05, 3.63) is 29.5 Å². The molecule has 0 saturated carbocycles. The second kappa shape index (κ2) is 6.31. The second-order valence-corrected chi connectivity index (χ2v) is 5.81. The number of fused-ring (bicyclic) bond motifs is 1. The largest absolute Gasteiger partial charge is 0.508 e. The number of phenolic OH excluding ortho intramolecular Hbond substituents is 1. The molecule has 0 aliphatic rings. The van der Waals surface area contributed by atoms with Crippen LogP contribution in [0.2, 0.25) is 0 Å². The van der Waals surface area contributed by atoms with Gasteiger partial charge in [-0.05, 0) is 37.1 Å². The molecule has 0 spiro atoms. The van der Waals surface area contributed by atoms with E-state index in [1.807, 2.05) is 12.1 Å². The van der Waals surface area contributed by atoms with Crippen LogP contribution in [-0.2, 0) is 13.1 Å². The zero-order valence-corrected chi connectivity index (χ0v) is 13.0. The summed E-state index contributed by atoms with van der Waals surface area (Å²) in [6.45, 7) is 10.6. The van der Waals surface area contributed by atoms with Gasteiger partial charge in [0.1, 0.15) is 5.75 Å². The minimum absolute atomic E-state index is 0.343. The number of aromatic nitrogens is 1. The Morgan fingerprint density at radius 2 is 2.05 bits per heavy atom. The molecule has 0 amide bonds. The Labute approximate surface area is 121 Å². The number of phenols is 1. The third kappa shape index (κ3) is 2.98. The van der Waals surface area contributed by atoms with Crippen LogP contribution in [0.25, 0.3) is 10.9 Å². The molecule has 1 aromatic carbocycles. The molecule has 20 heavy (non-hydrogen) atoms. The molecule has 2 aromatic rings. The average molecular weight is 274 g/mol. The van der Waals surface area contributed by atoms with Crippen molar-refractivity contribution in [2.24, 2.45) is 0 Å². The summed E-state index contributed by atoms with van der Waals surface area (Å²) >= 11 is 0. The molecule has 2 N–H and O–H groups in total. The van der Waals surface area contributed by atoms with Crippen molar-refractivity contribution >= 4 is 10.9 Å². The molecule has 2 rings (SSSR count). The smallest absolute Gasteiger partial charge is 0.116 e. The van der Waals surface area contributed by atoms with Crippen molar-refractivity contribution in [3.8, 4) is 5.75 Å². The first-order valence-electron chi connectivity index (χ1n) is 7.58. The monoisotopic (exact) mass is 274 g/mol. The third-order valence-corrected chi connectivity index (χ3v) is 3.86. The molecular formula is C17H26N2O. The third-order valence-electron chi connectivity index (χ3n) is 3.86. The topological polar surface area (TPSA) is 37.2 Å². The molecule has 1 heterocycles. The van der Waals surface area contributed by atoms with E-state index in [4.69, 9.17) is 0 Å². The Kier molecular flexibility index (Phi) is 4.71. The number of benzene rings is 1. The van der Waals surface area contributed by atoms with Crippen LogP contribution in [0.15, 0.2) is 18.2 Å². The minimum Gasteiger partial charge on any atom is -0.508 e. The number of unbranched alkanes of at least 4 members (excludes halogenated alkanes) is 1. The van der Waals surface area contributed by atoms with E-state index in [1.54, 1.807) is 6.07 Å². The lowest BCUT2D eigenvalue weighted by molar-refractivity contribution is 0.476. The summed E-state index contributed by atoms with van der Waals surface area (Å²) in [5.41, 5.74) is 3.85. The standard InChI is InChI=1S/C17H26N2O/c1-5-6-9-19-13(4)16(11-18-12(2)3)15-10-14(20)7-8-17(15)19/h7-8,10,12,18,20H,5-6,9,11H2,1-4H3. The first-order chi connectivity index (χ1) is 9.54. The number of nitrogens with one attached hydrogen (secondary N) is 1. The number of hydrogen-bond donors (Lipinski definition) is 2. The van der Waals surface area contributed by atoms with Gasteiger partial charge in [-0.1, -0.05) is 27.2 Å². The van der Waals surface area contributed by atoms with E-state index >= 15 is 0 Å². The highest BCUT2D eigenvalue weighted by atomic mass is 16.3. The van der Waals surface area contributed by atoms with Crippen LogP contribution in [0.1, 0.15) is 44.9 Å². The summed E-state index contributed by atoms with van der Waals surface area (Å²) in [5.74, 6) is 0.343. The molecule has 0 fully saturated rings. The first-order valence-corrected chi connectivity index (χ1v) is 7.58. The van der Waals surface area contributed by atoms with Gasteiger partial charge in [0.05, 0.1) is 0 Å². The van der Waals surface area contributed by atoms with Gasteiger partial charge in [-0.15, -0.1) is 0 Å². The highest BCUT2D eigenvalue weighted by Crippen LogP contribution is 2.29. The summed E-state index contributed by atoms with van der Waals surface area (Å²) in [7, 11) is 0. The molecule has 0 aliphatic carbocycles. The van der Waals surface area contributed by atoms with Gasteiger partial charge in [-0.3, -0.25) is 0 Å². The Hall–Kier alpha value is -1.48. The number of rotatable bonds is 6. The van der Waals surface area contributed by atoms with Crippen molar-refractivity contribution in [2.75, 3.05) is 0 Å². The fraction of sp³-hybridized carbons (Fsp3) is 0.529. The molecule has 3 heteroatoms. The Bertz CT molecular complexity index is 584. The fourth-order valence-corrected chi connectivity index (χ4v) is 2.67. The lowest BCUT2D eigenvalue weighted by Crippen LogP contribution is -2.22. The van der Waals surface area contributed by atoms with E-state index in [0.29, 0.717) is 11.8 Å². The van der Waals surface area contributed by atoms with Crippen molar-refractivity contribution in [1.82, 2.24) is 9.88 Å². The van der Waals surface area contributed by atoms with Crippen LogP contribution < -0.4 is 5.32 Å². The van der Waals surface area contributed by atoms with E-state index in [9.17, 15) is 5.11 Å². The molecule has 110 valence electrons. The zero-order chi connectivity index (χ0) is 14.7. The normalized spacial score (nSPS) is 11.7. The van der Waals surface area contributed by atoms with Crippen LogP contribution in [0.5, 0.6) is 5.75 Å². The summed E-state index contributed by atoms with van der Waals surface area (Å²) in [6, 6.07) is 6.17. The first kappa shape index (κ1) is 14.9. The Morgan fingerprint density at radius 3 is 2.70 bits per heavy atom. The molecule has 0 radical (unpaired) electrons. The van der Waals surface area contributed by atoms with Gasteiger partial charge in [0.2, 0.25) is 0 Å².